The van der Waals surface area contributed by atoms with Crippen molar-refractivity contribution in [2.24, 2.45) is 0 Å². The fraction of sp³-hybridized carbons (Fsp3) is 0.375. The summed E-state index contributed by atoms with van der Waals surface area (Å²) in [5.74, 6) is -1.25. The maximum absolute atomic E-state index is 10.9. The fourth-order valence-corrected chi connectivity index (χ4v) is 2.40. The number of carboxylic acid groups (broad SMARTS) is 1. The van der Waals surface area contributed by atoms with Crippen molar-refractivity contribution in [2.75, 3.05) is 0 Å². The minimum Gasteiger partial charge on any atom is -0.481 e. The molecule has 1 aromatic carbocycles. The molecule has 0 aliphatic rings. The molecule has 5 heteroatoms. The number of carboxylic acids is 1. The number of unbranched alkanes of at least 4 members (excludes halogenated alkanes) is 1. The number of rotatable bonds is 7. The van der Waals surface area contributed by atoms with Crippen LogP contribution in [0.3, 0.4) is 0 Å². The molecule has 0 spiro atoms. The Morgan fingerprint density at radius 1 is 1.33 bits per heavy atom. The first-order valence-electron chi connectivity index (χ1n) is 7.06. The summed E-state index contributed by atoms with van der Waals surface area (Å²) in [4.78, 5) is 14.9. The van der Waals surface area contributed by atoms with Crippen LogP contribution in [0.2, 0.25) is 5.28 Å². The molecule has 1 heterocycles. The van der Waals surface area contributed by atoms with Gasteiger partial charge >= 0.3 is 5.97 Å². The highest BCUT2D eigenvalue weighted by atomic mass is 35.5. The van der Waals surface area contributed by atoms with E-state index in [1.165, 1.54) is 5.56 Å². The Labute approximate surface area is 129 Å². The number of aromatic nitrogens is 2. The number of imidazole rings is 1. The molecule has 2 rings (SSSR count). The van der Waals surface area contributed by atoms with Crippen molar-refractivity contribution in [1.82, 2.24) is 9.55 Å². The predicted octanol–water partition coefficient (Wildman–Crippen LogP) is 3.75. The molecule has 0 saturated carbocycles. The molecule has 4 nitrogen and oxygen atoms in total. The first kappa shape index (κ1) is 15.6. The van der Waals surface area contributed by atoms with Crippen LogP contribution >= 0.6 is 11.6 Å². The molecule has 112 valence electrons. The zero-order chi connectivity index (χ0) is 15.2. The van der Waals surface area contributed by atoms with E-state index >= 15 is 0 Å². The minimum absolute atomic E-state index is 0.456. The van der Waals surface area contributed by atoms with Gasteiger partial charge in [0.05, 0.1) is 5.92 Å². The second-order valence-electron chi connectivity index (χ2n) is 5.15. The molecule has 0 radical (unpaired) electrons. The largest absolute Gasteiger partial charge is 0.481 e. The van der Waals surface area contributed by atoms with Gasteiger partial charge in [-0.05, 0) is 48.9 Å². The van der Waals surface area contributed by atoms with Crippen molar-refractivity contribution in [2.45, 2.75) is 38.6 Å². The lowest BCUT2D eigenvalue weighted by atomic mass is 9.98. The quantitative estimate of drug-likeness (QED) is 0.793. The van der Waals surface area contributed by atoms with Gasteiger partial charge in [-0.15, -0.1) is 0 Å². The molecule has 1 atom stereocenters. The average molecular weight is 307 g/mol. The lowest BCUT2D eigenvalue weighted by molar-refractivity contribution is -0.138. The Morgan fingerprint density at radius 3 is 2.62 bits per heavy atom. The van der Waals surface area contributed by atoms with Gasteiger partial charge in [0.1, 0.15) is 0 Å². The summed E-state index contributed by atoms with van der Waals surface area (Å²) >= 11 is 5.91. The molecule has 2 aromatic rings. The highest BCUT2D eigenvalue weighted by molar-refractivity contribution is 6.28. The van der Waals surface area contributed by atoms with Crippen molar-refractivity contribution in [3.63, 3.8) is 0 Å². The van der Waals surface area contributed by atoms with Crippen molar-refractivity contribution < 1.29 is 9.90 Å². The van der Waals surface area contributed by atoms with Crippen molar-refractivity contribution in [1.29, 1.82) is 0 Å². The van der Waals surface area contributed by atoms with Crippen LogP contribution in [0, 0.1) is 0 Å². The summed E-state index contributed by atoms with van der Waals surface area (Å²) < 4.78 is 1.93. The number of aliphatic carboxylic acids is 1. The standard InChI is InChI=1S/C16H19ClN2O2/c1-12(15(20)21)14-7-5-13(6-8-14)4-2-3-10-19-11-9-18-16(19)17/h5-9,11-12H,2-4,10H2,1H3,(H,20,21). The monoisotopic (exact) mass is 306 g/mol. The Hall–Kier alpha value is -1.81. The van der Waals surface area contributed by atoms with Crippen LogP contribution < -0.4 is 0 Å². The molecule has 0 aliphatic carbocycles. The zero-order valence-corrected chi connectivity index (χ0v) is 12.8. The highest BCUT2D eigenvalue weighted by Gasteiger charge is 2.12. The summed E-state index contributed by atoms with van der Waals surface area (Å²) in [6.45, 7) is 2.57. The van der Waals surface area contributed by atoms with Gasteiger partial charge in [-0.2, -0.15) is 0 Å². The summed E-state index contributed by atoms with van der Waals surface area (Å²) in [7, 11) is 0. The van der Waals surface area contributed by atoms with Gasteiger partial charge in [-0.3, -0.25) is 4.79 Å². The van der Waals surface area contributed by atoms with Crippen LogP contribution in [0.15, 0.2) is 36.7 Å². The highest BCUT2D eigenvalue weighted by Crippen LogP contribution is 2.17. The topological polar surface area (TPSA) is 55.1 Å². The third-order valence-corrected chi connectivity index (χ3v) is 3.94. The second kappa shape index (κ2) is 7.27. The van der Waals surface area contributed by atoms with Gasteiger partial charge in [-0.25, -0.2) is 4.98 Å². The smallest absolute Gasteiger partial charge is 0.310 e. The van der Waals surface area contributed by atoms with E-state index in [2.05, 4.69) is 4.98 Å². The van der Waals surface area contributed by atoms with E-state index in [4.69, 9.17) is 16.7 Å². The molecule has 1 N–H and O–H groups in total. The number of aryl methyl sites for hydroxylation is 2. The molecule has 1 aromatic heterocycles. The summed E-state index contributed by atoms with van der Waals surface area (Å²) in [5.41, 5.74) is 2.07. The zero-order valence-electron chi connectivity index (χ0n) is 12.0. The number of benzene rings is 1. The number of halogens is 1. The summed E-state index contributed by atoms with van der Waals surface area (Å²) in [6.07, 6.45) is 6.65. The van der Waals surface area contributed by atoms with Crippen LogP contribution in [0.25, 0.3) is 0 Å². The van der Waals surface area contributed by atoms with Crippen molar-refractivity contribution in [3.8, 4) is 0 Å². The van der Waals surface area contributed by atoms with Gasteiger partial charge in [0.2, 0.25) is 5.28 Å². The lowest BCUT2D eigenvalue weighted by Crippen LogP contribution is -2.07. The Bertz CT molecular complexity index is 593. The number of hydrogen-bond acceptors (Lipinski definition) is 2. The van der Waals surface area contributed by atoms with Crippen molar-refractivity contribution in [3.05, 3.63) is 53.1 Å². The van der Waals surface area contributed by atoms with Crippen LogP contribution in [-0.2, 0) is 17.8 Å². The van der Waals surface area contributed by atoms with E-state index in [1.807, 2.05) is 35.0 Å². The molecule has 0 amide bonds. The van der Waals surface area contributed by atoms with Crippen LogP contribution in [0.4, 0.5) is 0 Å². The second-order valence-corrected chi connectivity index (χ2v) is 5.49. The third kappa shape index (κ3) is 4.33. The maximum atomic E-state index is 10.9. The van der Waals surface area contributed by atoms with Crippen LogP contribution in [-0.4, -0.2) is 20.6 Å². The third-order valence-electron chi connectivity index (χ3n) is 3.63. The number of carbonyl (C=O) groups is 1. The Kier molecular flexibility index (Phi) is 5.39. The molecule has 1 unspecified atom stereocenters. The first-order valence-corrected chi connectivity index (χ1v) is 7.44. The minimum atomic E-state index is -0.792. The van der Waals surface area contributed by atoms with E-state index in [-0.39, 0.29) is 0 Å². The van der Waals surface area contributed by atoms with E-state index in [9.17, 15) is 4.79 Å². The van der Waals surface area contributed by atoms with Crippen LogP contribution in [0.1, 0.15) is 36.8 Å². The van der Waals surface area contributed by atoms with Crippen LogP contribution in [0.5, 0.6) is 0 Å². The van der Waals surface area contributed by atoms with Gasteiger partial charge in [0.15, 0.2) is 0 Å². The van der Waals surface area contributed by atoms with E-state index in [0.717, 1.165) is 31.4 Å². The van der Waals surface area contributed by atoms with Gasteiger partial charge < -0.3 is 9.67 Å². The Balaban J connectivity index is 1.79. The van der Waals surface area contributed by atoms with E-state index in [1.54, 1.807) is 13.1 Å². The maximum Gasteiger partial charge on any atom is 0.310 e. The van der Waals surface area contributed by atoms with E-state index in [0.29, 0.717) is 5.28 Å². The Morgan fingerprint density at radius 2 is 2.05 bits per heavy atom. The molecular formula is C16H19ClN2O2. The molecule has 0 aliphatic heterocycles. The van der Waals surface area contributed by atoms with E-state index < -0.39 is 11.9 Å². The fourth-order valence-electron chi connectivity index (χ4n) is 2.20. The van der Waals surface area contributed by atoms with Crippen molar-refractivity contribution >= 4 is 17.6 Å². The van der Waals surface area contributed by atoms with Gasteiger partial charge in [0.25, 0.3) is 0 Å². The first-order chi connectivity index (χ1) is 10.1. The molecule has 21 heavy (non-hydrogen) atoms. The van der Waals surface area contributed by atoms with Gasteiger partial charge in [-0.1, -0.05) is 24.3 Å². The normalized spacial score (nSPS) is 12.3. The molecular weight excluding hydrogens is 288 g/mol. The summed E-state index contributed by atoms with van der Waals surface area (Å²) in [6, 6.07) is 7.83. The number of nitrogens with zero attached hydrogens (tertiary/aromatic N) is 2. The lowest BCUT2D eigenvalue weighted by Gasteiger charge is -2.08. The van der Waals surface area contributed by atoms with Gasteiger partial charge in [0, 0.05) is 18.9 Å². The molecule has 0 fully saturated rings. The summed E-state index contributed by atoms with van der Waals surface area (Å²) in [5, 5.41) is 9.50. The SMILES string of the molecule is CC(C(=O)O)c1ccc(CCCCn2ccnc2Cl)cc1. The molecule has 0 saturated heterocycles. The number of hydrogen-bond donors (Lipinski definition) is 1. The predicted molar refractivity (Wildman–Crippen MR) is 82.7 cm³/mol. The average Bonchev–Trinajstić information content (AvgIpc) is 2.89. The molecule has 0 bridgehead atoms.